The van der Waals surface area contributed by atoms with E-state index in [-0.39, 0.29) is 48.8 Å². The molecule has 0 atom stereocenters. The largest absolute Gasteiger partial charge is 0.494 e. The number of benzene rings is 1. The topological polar surface area (TPSA) is 118 Å². The second-order valence-electron chi connectivity index (χ2n) is 7.16. The molecular formula is C21H27N3O6S. The van der Waals surface area contributed by atoms with E-state index in [1.54, 1.807) is 24.3 Å². The van der Waals surface area contributed by atoms with Crippen LogP contribution in [0.15, 0.2) is 52.0 Å². The number of hydrogen-bond acceptors (Lipinski definition) is 6. The highest BCUT2D eigenvalue weighted by Crippen LogP contribution is 2.25. The molecule has 168 valence electrons. The van der Waals surface area contributed by atoms with Crippen LogP contribution < -0.4 is 15.4 Å². The van der Waals surface area contributed by atoms with Crippen molar-refractivity contribution in [3.63, 3.8) is 0 Å². The van der Waals surface area contributed by atoms with Gasteiger partial charge < -0.3 is 19.8 Å². The maximum atomic E-state index is 12.8. The van der Waals surface area contributed by atoms with E-state index in [4.69, 9.17) is 9.15 Å². The molecule has 2 N–H and O–H groups in total. The SMILES string of the molecule is CCOc1ccc(S(=O)(=O)N2CCC(C(=O)NCC(=O)NCc3ccco3)CC2)cc1. The van der Waals surface area contributed by atoms with Crippen LogP contribution in [-0.4, -0.2) is 50.8 Å². The number of rotatable bonds is 9. The molecule has 3 rings (SSSR count). The first kappa shape index (κ1) is 22.8. The second-order valence-corrected chi connectivity index (χ2v) is 9.09. The van der Waals surface area contributed by atoms with Crippen LogP contribution >= 0.6 is 0 Å². The number of hydrogen-bond donors (Lipinski definition) is 2. The molecule has 10 heteroatoms. The Hall–Kier alpha value is -2.85. The van der Waals surface area contributed by atoms with Crippen LogP contribution in [0.3, 0.4) is 0 Å². The summed E-state index contributed by atoms with van der Waals surface area (Å²) in [5.74, 6) is 0.349. The number of sulfonamides is 1. The number of ether oxygens (including phenoxy) is 1. The minimum atomic E-state index is -3.62. The van der Waals surface area contributed by atoms with E-state index in [1.165, 1.54) is 22.7 Å². The van der Waals surface area contributed by atoms with Crippen molar-refractivity contribution < 1.29 is 27.2 Å². The lowest BCUT2D eigenvalue weighted by Gasteiger charge is -2.30. The van der Waals surface area contributed by atoms with Gasteiger partial charge in [0.25, 0.3) is 0 Å². The summed E-state index contributed by atoms with van der Waals surface area (Å²) >= 11 is 0. The maximum Gasteiger partial charge on any atom is 0.243 e. The van der Waals surface area contributed by atoms with Crippen molar-refractivity contribution >= 4 is 21.8 Å². The van der Waals surface area contributed by atoms with Gasteiger partial charge in [-0.3, -0.25) is 9.59 Å². The van der Waals surface area contributed by atoms with Crippen molar-refractivity contribution in [3.8, 4) is 5.75 Å². The highest BCUT2D eigenvalue weighted by molar-refractivity contribution is 7.89. The number of carbonyl (C=O) groups is 2. The molecule has 31 heavy (non-hydrogen) atoms. The van der Waals surface area contributed by atoms with Gasteiger partial charge in [-0.15, -0.1) is 0 Å². The number of piperidine rings is 1. The lowest BCUT2D eigenvalue weighted by Crippen LogP contribution is -2.45. The van der Waals surface area contributed by atoms with Crippen molar-refractivity contribution in [2.45, 2.75) is 31.2 Å². The molecule has 1 aliphatic rings. The average Bonchev–Trinajstić information content (AvgIpc) is 3.30. The van der Waals surface area contributed by atoms with Crippen molar-refractivity contribution in [2.24, 2.45) is 5.92 Å². The minimum Gasteiger partial charge on any atom is -0.494 e. The quantitative estimate of drug-likeness (QED) is 0.599. The van der Waals surface area contributed by atoms with E-state index >= 15 is 0 Å². The van der Waals surface area contributed by atoms with Gasteiger partial charge in [-0.25, -0.2) is 8.42 Å². The van der Waals surface area contributed by atoms with Gasteiger partial charge in [-0.05, 0) is 56.2 Å². The van der Waals surface area contributed by atoms with Crippen LogP contribution in [0.5, 0.6) is 5.75 Å². The monoisotopic (exact) mass is 449 g/mol. The van der Waals surface area contributed by atoms with E-state index in [9.17, 15) is 18.0 Å². The fourth-order valence-electron chi connectivity index (χ4n) is 3.36. The Balaban J connectivity index is 1.44. The zero-order valence-corrected chi connectivity index (χ0v) is 18.2. The number of nitrogens with one attached hydrogen (secondary N) is 2. The van der Waals surface area contributed by atoms with Crippen LogP contribution in [-0.2, 0) is 26.2 Å². The predicted octanol–water partition coefficient (Wildman–Crippen LogP) is 1.51. The molecule has 1 aliphatic heterocycles. The van der Waals surface area contributed by atoms with Gasteiger partial charge in [0.05, 0.1) is 30.9 Å². The Kier molecular flexibility index (Phi) is 7.69. The highest BCUT2D eigenvalue weighted by atomic mass is 32.2. The molecule has 9 nitrogen and oxygen atoms in total. The zero-order chi connectivity index (χ0) is 22.3. The van der Waals surface area contributed by atoms with Gasteiger partial charge in [0.1, 0.15) is 11.5 Å². The van der Waals surface area contributed by atoms with E-state index in [0.29, 0.717) is 31.0 Å². The predicted molar refractivity (Wildman–Crippen MR) is 113 cm³/mol. The molecule has 2 amide bonds. The third kappa shape index (κ3) is 6.08. The summed E-state index contributed by atoms with van der Waals surface area (Å²) in [5, 5.41) is 5.28. The van der Waals surface area contributed by atoms with Gasteiger partial charge in [0.15, 0.2) is 0 Å². The first-order chi connectivity index (χ1) is 14.9. The van der Waals surface area contributed by atoms with E-state index in [0.717, 1.165) is 0 Å². The standard InChI is InChI=1S/C21H27N3O6S/c1-2-29-17-5-7-19(8-6-17)31(27,28)24-11-9-16(10-12-24)21(26)23-15-20(25)22-14-18-4-3-13-30-18/h3-8,13,16H,2,9-12,14-15H2,1H3,(H,22,25)(H,23,26). The van der Waals surface area contributed by atoms with Crippen LogP contribution in [0.4, 0.5) is 0 Å². The molecule has 2 aromatic rings. The van der Waals surface area contributed by atoms with E-state index in [1.807, 2.05) is 6.92 Å². The summed E-state index contributed by atoms with van der Waals surface area (Å²) < 4.78 is 37.5. The first-order valence-corrected chi connectivity index (χ1v) is 11.6. The average molecular weight is 450 g/mol. The number of furan rings is 1. The molecule has 0 bridgehead atoms. The third-order valence-electron chi connectivity index (χ3n) is 5.06. The molecular weight excluding hydrogens is 422 g/mol. The number of amides is 2. The van der Waals surface area contributed by atoms with Gasteiger partial charge >= 0.3 is 0 Å². The Morgan fingerprint density at radius 3 is 2.45 bits per heavy atom. The number of nitrogens with zero attached hydrogens (tertiary/aromatic N) is 1. The lowest BCUT2D eigenvalue weighted by atomic mass is 9.97. The molecule has 0 radical (unpaired) electrons. The Bertz CT molecular complexity index is 965. The molecule has 0 saturated carbocycles. The van der Waals surface area contributed by atoms with Gasteiger partial charge in [0, 0.05) is 19.0 Å². The number of carbonyl (C=O) groups excluding carboxylic acids is 2. The summed E-state index contributed by atoms with van der Waals surface area (Å²) in [6.45, 7) is 2.98. The summed E-state index contributed by atoms with van der Waals surface area (Å²) in [7, 11) is -3.62. The van der Waals surface area contributed by atoms with Gasteiger partial charge in [-0.2, -0.15) is 4.31 Å². The maximum absolute atomic E-state index is 12.8. The molecule has 1 aromatic heterocycles. The highest BCUT2D eigenvalue weighted by Gasteiger charge is 2.32. The minimum absolute atomic E-state index is 0.135. The van der Waals surface area contributed by atoms with Crippen LogP contribution in [0.1, 0.15) is 25.5 Å². The van der Waals surface area contributed by atoms with Crippen molar-refractivity contribution in [1.82, 2.24) is 14.9 Å². The van der Waals surface area contributed by atoms with E-state index in [2.05, 4.69) is 10.6 Å². The third-order valence-corrected chi connectivity index (χ3v) is 6.97. The summed E-state index contributed by atoms with van der Waals surface area (Å²) in [5.41, 5.74) is 0. The second kappa shape index (κ2) is 10.5. The molecule has 2 heterocycles. The fraction of sp³-hybridized carbons (Fsp3) is 0.429. The van der Waals surface area contributed by atoms with Crippen LogP contribution in [0, 0.1) is 5.92 Å². The van der Waals surface area contributed by atoms with Crippen LogP contribution in [0.2, 0.25) is 0 Å². The molecule has 0 spiro atoms. The van der Waals surface area contributed by atoms with Gasteiger partial charge in [0.2, 0.25) is 21.8 Å². The smallest absolute Gasteiger partial charge is 0.243 e. The summed E-state index contributed by atoms with van der Waals surface area (Å²) in [6.07, 6.45) is 2.32. The molecule has 0 unspecified atom stereocenters. The lowest BCUT2D eigenvalue weighted by molar-refractivity contribution is -0.129. The molecule has 1 fully saturated rings. The van der Waals surface area contributed by atoms with E-state index < -0.39 is 10.0 Å². The normalized spacial score (nSPS) is 15.4. The van der Waals surface area contributed by atoms with Crippen molar-refractivity contribution in [2.75, 3.05) is 26.2 Å². The Morgan fingerprint density at radius 2 is 1.84 bits per heavy atom. The van der Waals surface area contributed by atoms with Crippen molar-refractivity contribution in [3.05, 3.63) is 48.4 Å². The molecule has 1 saturated heterocycles. The summed E-state index contributed by atoms with van der Waals surface area (Å²) in [4.78, 5) is 24.4. The van der Waals surface area contributed by atoms with Crippen molar-refractivity contribution in [1.29, 1.82) is 0 Å². The zero-order valence-electron chi connectivity index (χ0n) is 17.4. The molecule has 1 aromatic carbocycles. The van der Waals surface area contributed by atoms with Crippen LogP contribution in [0.25, 0.3) is 0 Å². The Labute approximate surface area is 181 Å². The van der Waals surface area contributed by atoms with Gasteiger partial charge in [-0.1, -0.05) is 0 Å². The fourth-order valence-corrected chi connectivity index (χ4v) is 4.82. The summed E-state index contributed by atoms with van der Waals surface area (Å²) in [6, 6.07) is 9.79. The first-order valence-electron chi connectivity index (χ1n) is 10.2. The Morgan fingerprint density at radius 1 is 1.13 bits per heavy atom. The molecule has 0 aliphatic carbocycles.